The molecule has 2 aromatic heterocycles. The summed E-state index contributed by atoms with van der Waals surface area (Å²) < 4.78 is 13.9. The molecule has 7 heteroatoms. The number of aromatic nitrogens is 4. The van der Waals surface area contributed by atoms with E-state index in [0.29, 0.717) is 6.61 Å². The van der Waals surface area contributed by atoms with Gasteiger partial charge in [0.25, 0.3) is 0 Å². The predicted molar refractivity (Wildman–Crippen MR) is 88.4 cm³/mol. The number of fused-ring (bicyclic) bond motifs is 1. The molecule has 0 bridgehead atoms. The summed E-state index contributed by atoms with van der Waals surface area (Å²) >= 11 is 0. The zero-order valence-electron chi connectivity index (χ0n) is 13.9. The Morgan fingerprint density at radius 1 is 1.33 bits per heavy atom. The molecule has 3 aromatic rings. The van der Waals surface area contributed by atoms with Crippen molar-refractivity contribution in [3.05, 3.63) is 42.3 Å². The van der Waals surface area contributed by atoms with Crippen molar-refractivity contribution in [2.45, 2.75) is 32.5 Å². The highest BCUT2D eigenvalue weighted by Gasteiger charge is 2.30. The maximum Gasteiger partial charge on any atom is 0.212 e. The van der Waals surface area contributed by atoms with Gasteiger partial charge in [0, 0.05) is 19.6 Å². The summed E-state index contributed by atoms with van der Waals surface area (Å²) in [7, 11) is 0. The average Bonchev–Trinajstić information content (AvgIpc) is 3.27. The quantitative estimate of drug-likeness (QED) is 0.733. The summed E-state index contributed by atoms with van der Waals surface area (Å²) in [6.07, 6.45) is 1.68. The first-order valence-corrected chi connectivity index (χ1v) is 8.35. The molecule has 126 valence electrons. The van der Waals surface area contributed by atoms with Crippen LogP contribution in [0.5, 0.6) is 0 Å². The summed E-state index contributed by atoms with van der Waals surface area (Å²) in [5.41, 5.74) is 1.73. The van der Waals surface area contributed by atoms with Crippen molar-refractivity contribution >= 4 is 11.1 Å². The topological polar surface area (TPSA) is 69.2 Å². The van der Waals surface area contributed by atoms with E-state index in [0.717, 1.165) is 42.4 Å². The van der Waals surface area contributed by atoms with Crippen molar-refractivity contribution in [1.29, 1.82) is 0 Å². The van der Waals surface area contributed by atoms with Crippen LogP contribution in [0.25, 0.3) is 11.1 Å². The van der Waals surface area contributed by atoms with E-state index in [1.807, 2.05) is 28.8 Å². The van der Waals surface area contributed by atoms with Gasteiger partial charge in [-0.25, -0.2) is 4.98 Å². The fourth-order valence-electron chi connectivity index (χ4n) is 3.16. The van der Waals surface area contributed by atoms with E-state index in [2.05, 4.69) is 33.9 Å². The van der Waals surface area contributed by atoms with Crippen LogP contribution in [0.4, 0.5) is 0 Å². The molecule has 24 heavy (non-hydrogen) atoms. The number of hydrogen-bond acceptors (Lipinski definition) is 6. The molecule has 0 unspecified atom stereocenters. The molecule has 1 saturated heterocycles. The molecular weight excluding hydrogens is 306 g/mol. The lowest BCUT2D eigenvalue weighted by Gasteiger charge is -2.35. The Morgan fingerprint density at radius 3 is 3.04 bits per heavy atom. The SMILES string of the molecule is CCn1cnnc1[C@@H]1CN([C@H](C)c2nc3ccccc3o2)CCO1. The second-order valence-electron chi connectivity index (χ2n) is 6.03. The van der Waals surface area contributed by atoms with Crippen LogP contribution in [0.1, 0.15) is 37.7 Å². The molecule has 4 rings (SSSR count). The molecule has 1 aromatic carbocycles. The third-order valence-corrected chi connectivity index (χ3v) is 4.59. The van der Waals surface area contributed by atoms with E-state index in [9.17, 15) is 0 Å². The van der Waals surface area contributed by atoms with Gasteiger partial charge in [0.15, 0.2) is 11.4 Å². The number of nitrogens with zero attached hydrogens (tertiary/aromatic N) is 5. The Morgan fingerprint density at radius 2 is 2.21 bits per heavy atom. The summed E-state index contributed by atoms with van der Waals surface area (Å²) in [5, 5.41) is 8.24. The van der Waals surface area contributed by atoms with Crippen LogP contribution in [0.2, 0.25) is 0 Å². The van der Waals surface area contributed by atoms with Gasteiger partial charge in [0.1, 0.15) is 17.9 Å². The Kier molecular flexibility index (Phi) is 4.03. The number of aryl methyl sites for hydroxylation is 1. The predicted octanol–water partition coefficient (Wildman–Crippen LogP) is 2.57. The van der Waals surface area contributed by atoms with Gasteiger partial charge in [-0.15, -0.1) is 10.2 Å². The maximum absolute atomic E-state index is 5.93. The first kappa shape index (κ1) is 15.3. The van der Waals surface area contributed by atoms with Gasteiger partial charge in [0.05, 0.1) is 12.6 Å². The van der Waals surface area contributed by atoms with Crippen LogP contribution in [-0.2, 0) is 11.3 Å². The molecule has 0 spiro atoms. The zero-order chi connectivity index (χ0) is 16.5. The Hall–Kier alpha value is -2.25. The van der Waals surface area contributed by atoms with E-state index in [1.165, 1.54) is 0 Å². The molecule has 0 N–H and O–H groups in total. The van der Waals surface area contributed by atoms with E-state index < -0.39 is 0 Å². The van der Waals surface area contributed by atoms with E-state index >= 15 is 0 Å². The zero-order valence-corrected chi connectivity index (χ0v) is 13.9. The van der Waals surface area contributed by atoms with Crippen molar-refractivity contribution in [2.24, 2.45) is 0 Å². The molecule has 0 saturated carbocycles. The van der Waals surface area contributed by atoms with Gasteiger partial charge in [-0.2, -0.15) is 0 Å². The van der Waals surface area contributed by atoms with Crippen molar-refractivity contribution in [3.63, 3.8) is 0 Å². The minimum Gasteiger partial charge on any atom is -0.439 e. The summed E-state index contributed by atoms with van der Waals surface area (Å²) in [6.45, 7) is 7.29. The van der Waals surface area contributed by atoms with Crippen LogP contribution in [0.3, 0.4) is 0 Å². The third kappa shape index (κ3) is 2.70. The number of benzene rings is 1. The van der Waals surface area contributed by atoms with Gasteiger partial charge >= 0.3 is 0 Å². The highest BCUT2D eigenvalue weighted by molar-refractivity contribution is 5.72. The van der Waals surface area contributed by atoms with Crippen LogP contribution in [-0.4, -0.2) is 44.3 Å². The highest BCUT2D eigenvalue weighted by Crippen LogP contribution is 2.29. The molecule has 1 aliphatic rings. The molecular formula is C17H21N5O2. The fraction of sp³-hybridized carbons (Fsp3) is 0.471. The van der Waals surface area contributed by atoms with Gasteiger partial charge in [0.2, 0.25) is 5.89 Å². The lowest BCUT2D eigenvalue weighted by Crippen LogP contribution is -2.40. The van der Waals surface area contributed by atoms with Crippen LogP contribution in [0, 0.1) is 0 Å². The number of oxazole rings is 1. The summed E-state index contributed by atoms with van der Waals surface area (Å²) in [6, 6.07) is 7.94. The number of ether oxygens (including phenoxy) is 1. The maximum atomic E-state index is 5.93. The van der Waals surface area contributed by atoms with Crippen LogP contribution < -0.4 is 0 Å². The number of morpholine rings is 1. The third-order valence-electron chi connectivity index (χ3n) is 4.59. The first-order valence-electron chi connectivity index (χ1n) is 8.35. The second-order valence-corrected chi connectivity index (χ2v) is 6.03. The fourth-order valence-corrected chi connectivity index (χ4v) is 3.16. The standard InChI is InChI=1S/C17H21N5O2/c1-3-21-11-18-20-16(21)15-10-22(8-9-23-15)12(2)17-19-13-6-4-5-7-14(13)24-17/h4-7,11-12,15H,3,8-10H2,1-2H3/t12-,15+/m1/s1. The largest absolute Gasteiger partial charge is 0.439 e. The van der Waals surface area contributed by atoms with Gasteiger partial charge in [-0.3, -0.25) is 4.90 Å². The highest BCUT2D eigenvalue weighted by atomic mass is 16.5. The summed E-state index contributed by atoms with van der Waals surface area (Å²) in [4.78, 5) is 6.95. The molecule has 0 aliphatic carbocycles. The van der Waals surface area contributed by atoms with E-state index in [1.54, 1.807) is 6.33 Å². The van der Waals surface area contributed by atoms with Gasteiger partial charge in [-0.1, -0.05) is 12.1 Å². The van der Waals surface area contributed by atoms with Gasteiger partial charge in [-0.05, 0) is 26.0 Å². The molecule has 3 heterocycles. The first-order chi connectivity index (χ1) is 11.8. The second kappa shape index (κ2) is 6.33. The number of hydrogen-bond donors (Lipinski definition) is 0. The molecule has 1 aliphatic heterocycles. The molecule has 0 radical (unpaired) electrons. The molecule has 2 atom stereocenters. The van der Waals surface area contributed by atoms with Crippen molar-refractivity contribution in [2.75, 3.05) is 19.7 Å². The average molecular weight is 327 g/mol. The monoisotopic (exact) mass is 327 g/mol. The molecule has 0 amide bonds. The van der Waals surface area contributed by atoms with Crippen LogP contribution >= 0.6 is 0 Å². The van der Waals surface area contributed by atoms with Crippen LogP contribution in [0.15, 0.2) is 35.0 Å². The van der Waals surface area contributed by atoms with Crippen molar-refractivity contribution in [1.82, 2.24) is 24.6 Å². The lowest BCUT2D eigenvalue weighted by atomic mass is 10.2. The summed E-state index contributed by atoms with van der Waals surface area (Å²) in [5.74, 6) is 1.63. The Bertz CT molecular complexity index is 794. The van der Waals surface area contributed by atoms with Crippen molar-refractivity contribution < 1.29 is 9.15 Å². The molecule has 7 nitrogen and oxygen atoms in total. The normalized spacial score (nSPS) is 20.5. The Balaban J connectivity index is 1.55. The van der Waals surface area contributed by atoms with E-state index in [-0.39, 0.29) is 12.1 Å². The smallest absolute Gasteiger partial charge is 0.212 e. The number of rotatable bonds is 4. The molecule has 1 fully saturated rings. The number of para-hydroxylation sites is 2. The lowest BCUT2D eigenvalue weighted by molar-refractivity contribution is -0.0515. The van der Waals surface area contributed by atoms with Gasteiger partial charge < -0.3 is 13.7 Å². The van der Waals surface area contributed by atoms with Crippen molar-refractivity contribution in [3.8, 4) is 0 Å². The minimum atomic E-state index is -0.0759. The van der Waals surface area contributed by atoms with E-state index in [4.69, 9.17) is 9.15 Å². The minimum absolute atomic E-state index is 0.0759. The Labute approximate surface area is 140 Å².